The van der Waals surface area contributed by atoms with Crippen molar-refractivity contribution < 1.29 is 19.1 Å². The standard InChI is InChI=1S/C18H25ClN2O4/c1-24-15-5-3-13(11-16(15)25-2)4-6-18(23)21-9-7-14(8-10-21)20-17(22)12-19/h3,5,11,14H,4,6-10,12H2,1-2H3,(H,20,22). The lowest BCUT2D eigenvalue weighted by atomic mass is 10.0. The number of nitrogens with zero attached hydrogens (tertiary/aromatic N) is 1. The van der Waals surface area contributed by atoms with Crippen LogP contribution in [0.3, 0.4) is 0 Å². The van der Waals surface area contributed by atoms with Gasteiger partial charge in [-0.1, -0.05) is 6.07 Å². The van der Waals surface area contributed by atoms with Gasteiger partial charge >= 0.3 is 0 Å². The predicted molar refractivity (Wildman–Crippen MR) is 96.3 cm³/mol. The molecule has 0 saturated carbocycles. The van der Waals surface area contributed by atoms with Gasteiger partial charge in [0, 0.05) is 25.6 Å². The normalized spacial score (nSPS) is 14.9. The van der Waals surface area contributed by atoms with Crippen molar-refractivity contribution in [3.63, 3.8) is 0 Å². The molecule has 1 aromatic rings. The van der Waals surface area contributed by atoms with Crippen molar-refractivity contribution in [3.05, 3.63) is 23.8 Å². The first-order valence-electron chi connectivity index (χ1n) is 8.41. The van der Waals surface area contributed by atoms with Crippen LogP contribution in [0.4, 0.5) is 0 Å². The monoisotopic (exact) mass is 368 g/mol. The lowest BCUT2D eigenvalue weighted by Gasteiger charge is -2.32. The quantitative estimate of drug-likeness (QED) is 0.747. The maximum atomic E-state index is 12.4. The van der Waals surface area contributed by atoms with Crippen LogP contribution in [0.1, 0.15) is 24.8 Å². The number of alkyl halides is 1. The minimum atomic E-state index is -0.153. The molecule has 0 radical (unpaired) electrons. The second kappa shape index (κ2) is 9.51. The van der Waals surface area contributed by atoms with Gasteiger partial charge in [-0.2, -0.15) is 0 Å². The molecule has 1 saturated heterocycles. The maximum absolute atomic E-state index is 12.4. The minimum absolute atomic E-state index is 0.0233. The first-order chi connectivity index (χ1) is 12.1. The Balaban J connectivity index is 1.80. The molecule has 138 valence electrons. The number of methoxy groups -OCH3 is 2. The first kappa shape index (κ1) is 19.4. The molecule has 1 heterocycles. The summed E-state index contributed by atoms with van der Waals surface area (Å²) in [6.45, 7) is 1.33. The third-order valence-corrected chi connectivity index (χ3v) is 4.65. The number of likely N-dealkylation sites (tertiary alicyclic amines) is 1. The van der Waals surface area contributed by atoms with E-state index >= 15 is 0 Å². The van der Waals surface area contributed by atoms with Crippen molar-refractivity contribution in [2.24, 2.45) is 0 Å². The average Bonchev–Trinajstić information content (AvgIpc) is 2.66. The Morgan fingerprint density at radius 1 is 1.20 bits per heavy atom. The van der Waals surface area contributed by atoms with Crippen LogP contribution in [0.5, 0.6) is 11.5 Å². The van der Waals surface area contributed by atoms with Crippen LogP contribution < -0.4 is 14.8 Å². The van der Waals surface area contributed by atoms with Gasteiger partial charge in [0.1, 0.15) is 5.88 Å². The summed E-state index contributed by atoms with van der Waals surface area (Å²) >= 11 is 5.50. The molecule has 1 fully saturated rings. The highest BCUT2D eigenvalue weighted by atomic mass is 35.5. The summed E-state index contributed by atoms with van der Waals surface area (Å²) < 4.78 is 10.5. The molecule has 25 heavy (non-hydrogen) atoms. The Kier molecular flexibility index (Phi) is 7.37. The molecule has 0 unspecified atom stereocenters. The third kappa shape index (κ3) is 5.53. The lowest BCUT2D eigenvalue weighted by molar-refractivity contribution is -0.132. The third-order valence-electron chi connectivity index (χ3n) is 4.41. The smallest absolute Gasteiger partial charge is 0.235 e. The predicted octanol–water partition coefficient (Wildman–Crippen LogP) is 1.98. The summed E-state index contributed by atoms with van der Waals surface area (Å²) in [4.78, 5) is 25.6. The molecule has 0 bridgehead atoms. The van der Waals surface area contributed by atoms with Gasteiger partial charge in [0.05, 0.1) is 14.2 Å². The summed E-state index contributed by atoms with van der Waals surface area (Å²) in [5, 5.41) is 2.87. The Bertz CT molecular complexity index is 601. The molecule has 7 heteroatoms. The van der Waals surface area contributed by atoms with Crippen LogP contribution in [0.25, 0.3) is 0 Å². The zero-order chi connectivity index (χ0) is 18.2. The zero-order valence-corrected chi connectivity index (χ0v) is 15.5. The second-order valence-corrected chi connectivity index (χ2v) is 6.31. The number of benzene rings is 1. The molecular weight excluding hydrogens is 344 g/mol. The van der Waals surface area contributed by atoms with E-state index in [0.29, 0.717) is 37.4 Å². The lowest BCUT2D eigenvalue weighted by Crippen LogP contribution is -2.46. The number of ether oxygens (including phenoxy) is 2. The van der Waals surface area contributed by atoms with E-state index in [4.69, 9.17) is 21.1 Å². The number of hydrogen-bond acceptors (Lipinski definition) is 4. The molecule has 0 aliphatic carbocycles. The number of rotatable bonds is 7. The zero-order valence-electron chi connectivity index (χ0n) is 14.7. The fourth-order valence-electron chi connectivity index (χ4n) is 2.98. The number of carbonyl (C=O) groups excluding carboxylic acids is 2. The van der Waals surface area contributed by atoms with Crippen molar-refractivity contribution in [2.75, 3.05) is 33.2 Å². The van der Waals surface area contributed by atoms with Gasteiger partial charge in [0.2, 0.25) is 11.8 Å². The molecule has 1 aromatic carbocycles. The van der Waals surface area contributed by atoms with Crippen LogP contribution >= 0.6 is 11.6 Å². The van der Waals surface area contributed by atoms with E-state index in [0.717, 1.165) is 18.4 Å². The summed E-state index contributed by atoms with van der Waals surface area (Å²) in [5.74, 6) is 1.31. The Morgan fingerprint density at radius 3 is 2.48 bits per heavy atom. The van der Waals surface area contributed by atoms with Gasteiger partial charge < -0.3 is 19.7 Å². The van der Waals surface area contributed by atoms with Crippen LogP contribution in [0.15, 0.2) is 18.2 Å². The number of piperidine rings is 1. The van der Waals surface area contributed by atoms with Gasteiger partial charge in [-0.3, -0.25) is 9.59 Å². The van der Waals surface area contributed by atoms with E-state index < -0.39 is 0 Å². The summed E-state index contributed by atoms with van der Waals surface area (Å²) in [6.07, 6.45) is 2.64. The van der Waals surface area contributed by atoms with Crippen LogP contribution in [0.2, 0.25) is 0 Å². The number of hydrogen-bond donors (Lipinski definition) is 1. The number of amides is 2. The Labute approximate surface area is 153 Å². The average molecular weight is 369 g/mol. The topological polar surface area (TPSA) is 67.9 Å². The van der Waals surface area contributed by atoms with E-state index in [1.807, 2.05) is 23.1 Å². The van der Waals surface area contributed by atoms with Crippen LogP contribution in [-0.4, -0.2) is 55.9 Å². The Morgan fingerprint density at radius 2 is 1.88 bits per heavy atom. The van der Waals surface area contributed by atoms with Crippen molar-refractivity contribution in [3.8, 4) is 11.5 Å². The molecular formula is C18H25ClN2O4. The number of aryl methyl sites for hydroxylation is 1. The molecule has 2 rings (SSSR count). The Hall–Kier alpha value is -1.95. The fourth-order valence-corrected chi connectivity index (χ4v) is 3.06. The van der Waals surface area contributed by atoms with Crippen molar-refractivity contribution in [1.82, 2.24) is 10.2 Å². The van der Waals surface area contributed by atoms with Gasteiger partial charge in [-0.25, -0.2) is 0 Å². The molecule has 1 aliphatic rings. The molecule has 2 amide bonds. The summed E-state index contributed by atoms with van der Waals surface area (Å²) in [6, 6.07) is 5.81. The van der Waals surface area contributed by atoms with Crippen molar-refractivity contribution >= 4 is 23.4 Å². The summed E-state index contributed by atoms with van der Waals surface area (Å²) in [7, 11) is 3.19. The van der Waals surface area contributed by atoms with E-state index in [1.54, 1.807) is 14.2 Å². The highest BCUT2D eigenvalue weighted by molar-refractivity contribution is 6.27. The molecule has 6 nitrogen and oxygen atoms in total. The number of halogens is 1. The molecule has 0 aromatic heterocycles. The second-order valence-electron chi connectivity index (χ2n) is 6.05. The highest BCUT2D eigenvalue weighted by Crippen LogP contribution is 2.28. The molecule has 0 spiro atoms. The fraction of sp³-hybridized carbons (Fsp3) is 0.556. The van der Waals surface area contributed by atoms with Gasteiger partial charge in [-0.15, -0.1) is 11.6 Å². The SMILES string of the molecule is COc1ccc(CCC(=O)N2CCC(NC(=O)CCl)CC2)cc1OC. The number of carbonyl (C=O) groups is 2. The largest absolute Gasteiger partial charge is 0.493 e. The highest BCUT2D eigenvalue weighted by Gasteiger charge is 2.23. The van der Waals surface area contributed by atoms with E-state index in [1.165, 1.54) is 0 Å². The van der Waals surface area contributed by atoms with Gasteiger partial charge in [0.15, 0.2) is 11.5 Å². The molecule has 1 N–H and O–H groups in total. The van der Waals surface area contributed by atoms with E-state index in [-0.39, 0.29) is 23.7 Å². The van der Waals surface area contributed by atoms with Gasteiger partial charge in [-0.05, 0) is 37.0 Å². The van der Waals surface area contributed by atoms with E-state index in [2.05, 4.69) is 5.32 Å². The van der Waals surface area contributed by atoms with Crippen molar-refractivity contribution in [1.29, 1.82) is 0 Å². The van der Waals surface area contributed by atoms with E-state index in [9.17, 15) is 9.59 Å². The first-order valence-corrected chi connectivity index (χ1v) is 8.94. The molecule has 0 atom stereocenters. The number of nitrogens with one attached hydrogen (secondary N) is 1. The van der Waals surface area contributed by atoms with Crippen LogP contribution in [0, 0.1) is 0 Å². The summed E-state index contributed by atoms with van der Waals surface area (Å²) in [5.41, 5.74) is 1.04. The molecule has 1 aliphatic heterocycles. The van der Waals surface area contributed by atoms with Crippen molar-refractivity contribution in [2.45, 2.75) is 31.7 Å². The minimum Gasteiger partial charge on any atom is -0.493 e. The van der Waals surface area contributed by atoms with Crippen LogP contribution in [-0.2, 0) is 16.0 Å². The van der Waals surface area contributed by atoms with Gasteiger partial charge in [0.25, 0.3) is 0 Å². The maximum Gasteiger partial charge on any atom is 0.235 e.